The van der Waals surface area contributed by atoms with Crippen LogP contribution < -0.4 is 5.32 Å². The number of carbonyl (C=O) groups is 1. The van der Waals surface area contributed by atoms with Crippen molar-refractivity contribution < 1.29 is 22.5 Å². The van der Waals surface area contributed by atoms with Gasteiger partial charge in [-0.15, -0.1) is 0 Å². The molecule has 1 aliphatic carbocycles. The van der Waals surface area contributed by atoms with Crippen molar-refractivity contribution in [3.8, 4) is 11.4 Å². The maximum atomic E-state index is 12.9. The summed E-state index contributed by atoms with van der Waals surface area (Å²) >= 11 is 0. The highest BCUT2D eigenvalue weighted by atomic mass is 19.4. The van der Waals surface area contributed by atoms with Crippen LogP contribution in [-0.4, -0.2) is 46.6 Å². The molecule has 2 fully saturated rings. The highest BCUT2D eigenvalue weighted by molar-refractivity contribution is 5.78. The molecule has 2 heterocycles. The molecule has 6 nitrogen and oxygen atoms in total. The zero-order valence-electron chi connectivity index (χ0n) is 14.5. The van der Waals surface area contributed by atoms with Gasteiger partial charge in [-0.1, -0.05) is 17.3 Å². The Labute approximate surface area is 153 Å². The van der Waals surface area contributed by atoms with Gasteiger partial charge in [-0.2, -0.15) is 18.2 Å². The van der Waals surface area contributed by atoms with Gasteiger partial charge >= 0.3 is 6.18 Å². The summed E-state index contributed by atoms with van der Waals surface area (Å²) < 4.78 is 43.9. The van der Waals surface area contributed by atoms with Crippen LogP contribution in [0.3, 0.4) is 0 Å². The number of hydrogen-bond acceptors (Lipinski definition) is 5. The fourth-order valence-electron chi connectivity index (χ4n) is 3.23. The highest BCUT2D eigenvalue weighted by Crippen LogP contribution is 2.32. The summed E-state index contributed by atoms with van der Waals surface area (Å²) in [5.74, 6) is 0.535. The van der Waals surface area contributed by atoms with Gasteiger partial charge in [0.05, 0.1) is 18.0 Å². The van der Waals surface area contributed by atoms with E-state index in [9.17, 15) is 18.0 Å². The van der Waals surface area contributed by atoms with Gasteiger partial charge in [-0.05, 0) is 37.9 Å². The van der Waals surface area contributed by atoms with Crippen molar-refractivity contribution in [1.82, 2.24) is 20.4 Å². The molecule has 1 aliphatic heterocycles. The van der Waals surface area contributed by atoms with Crippen LogP contribution in [-0.2, 0) is 11.0 Å². The van der Waals surface area contributed by atoms with Crippen molar-refractivity contribution >= 4 is 5.91 Å². The smallest absolute Gasteiger partial charge is 0.352 e. The topological polar surface area (TPSA) is 71.3 Å². The molecule has 2 aromatic rings. The van der Waals surface area contributed by atoms with Crippen molar-refractivity contribution in [2.75, 3.05) is 19.6 Å². The lowest BCUT2D eigenvalue weighted by Crippen LogP contribution is -2.37. The second kappa shape index (κ2) is 6.95. The number of nitrogens with one attached hydrogen (secondary N) is 1. The number of carbonyl (C=O) groups excluding carboxylic acids is 1. The average molecular weight is 380 g/mol. The van der Waals surface area contributed by atoms with E-state index in [1.165, 1.54) is 12.1 Å². The van der Waals surface area contributed by atoms with Crippen molar-refractivity contribution in [1.29, 1.82) is 0 Å². The summed E-state index contributed by atoms with van der Waals surface area (Å²) in [6.45, 7) is 1.69. The first-order chi connectivity index (χ1) is 12.9. The van der Waals surface area contributed by atoms with Gasteiger partial charge in [-0.3, -0.25) is 9.69 Å². The molecule has 0 spiro atoms. The summed E-state index contributed by atoms with van der Waals surface area (Å²) in [5, 5.41) is 6.79. The fraction of sp³-hybridized carbons (Fsp3) is 0.500. The number of nitrogens with zero attached hydrogens (tertiary/aromatic N) is 3. The van der Waals surface area contributed by atoms with Gasteiger partial charge in [0.1, 0.15) is 0 Å². The van der Waals surface area contributed by atoms with E-state index in [0.29, 0.717) is 25.0 Å². The summed E-state index contributed by atoms with van der Waals surface area (Å²) in [6, 6.07) is 5.20. The number of alkyl halides is 3. The minimum atomic E-state index is -4.42. The van der Waals surface area contributed by atoms with E-state index < -0.39 is 11.7 Å². The lowest BCUT2D eigenvalue weighted by molar-refractivity contribution is -0.137. The van der Waals surface area contributed by atoms with Gasteiger partial charge < -0.3 is 9.84 Å². The zero-order valence-corrected chi connectivity index (χ0v) is 14.5. The van der Waals surface area contributed by atoms with Gasteiger partial charge in [0.15, 0.2) is 0 Å². The zero-order chi connectivity index (χ0) is 19.0. The third-order valence-electron chi connectivity index (χ3n) is 4.82. The van der Waals surface area contributed by atoms with Crippen LogP contribution in [0.15, 0.2) is 28.8 Å². The molecule has 1 saturated heterocycles. The Morgan fingerprint density at radius 3 is 2.85 bits per heavy atom. The van der Waals surface area contributed by atoms with E-state index in [1.807, 2.05) is 4.90 Å². The summed E-state index contributed by atoms with van der Waals surface area (Å²) in [6.07, 6.45) is -1.56. The first kappa shape index (κ1) is 18.0. The molecule has 2 aliphatic rings. The second-order valence-electron chi connectivity index (χ2n) is 7.10. The second-order valence-corrected chi connectivity index (χ2v) is 7.10. The van der Waals surface area contributed by atoms with Crippen molar-refractivity contribution in [2.24, 2.45) is 0 Å². The molecule has 9 heteroatoms. The molecule has 27 heavy (non-hydrogen) atoms. The summed E-state index contributed by atoms with van der Waals surface area (Å²) in [5.41, 5.74) is -0.487. The number of benzene rings is 1. The number of hydrogen-bond donors (Lipinski definition) is 1. The molecule has 0 bridgehead atoms. The Balaban J connectivity index is 1.40. The van der Waals surface area contributed by atoms with E-state index >= 15 is 0 Å². The first-order valence-corrected chi connectivity index (χ1v) is 8.91. The van der Waals surface area contributed by atoms with Crippen LogP contribution >= 0.6 is 0 Å². The average Bonchev–Trinajstić information content (AvgIpc) is 3.10. The third-order valence-corrected chi connectivity index (χ3v) is 4.82. The molecule has 144 valence electrons. The first-order valence-electron chi connectivity index (χ1n) is 8.91. The summed E-state index contributed by atoms with van der Waals surface area (Å²) in [7, 11) is 0. The van der Waals surface area contributed by atoms with Crippen molar-refractivity contribution in [2.45, 2.75) is 37.4 Å². The number of amides is 1. The van der Waals surface area contributed by atoms with Crippen molar-refractivity contribution in [3.05, 3.63) is 35.7 Å². The van der Waals surface area contributed by atoms with Crippen molar-refractivity contribution in [3.63, 3.8) is 0 Å². The molecule has 1 saturated carbocycles. The predicted octanol–water partition coefficient (Wildman–Crippen LogP) is 2.82. The van der Waals surface area contributed by atoms with Crippen LogP contribution in [0.5, 0.6) is 0 Å². The maximum Gasteiger partial charge on any atom is 0.416 e. The Bertz CT molecular complexity index is 832. The molecule has 1 amide bonds. The molecule has 0 radical (unpaired) electrons. The largest absolute Gasteiger partial charge is 0.416 e. The number of aromatic nitrogens is 2. The van der Waals surface area contributed by atoms with Gasteiger partial charge in [0, 0.05) is 18.2 Å². The van der Waals surface area contributed by atoms with Crippen LogP contribution in [0.2, 0.25) is 0 Å². The van der Waals surface area contributed by atoms with E-state index in [0.717, 1.165) is 37.9 Å². The summed E-state index contributed by atoms with van der Waals surface area (Å²) in [4.78, 5) is 18.2. The minimum absolute atomic E-state index is 0.0216. The normalized spacial score (nSPS) is 20.8. The van der Waals surface area contributed by atoms with E-state index in [1.54, 1.807) is 0 Å². The molecular weight excluding hydrogens is 361 g/mol. The highest BCUT2D eigenvalue weighted by Gasteiger charge is 2.32. The molecule has 1 atom stereocenters. The standard InChI is InChI=1S/C18H19F3N4O2/c19-18(20,21)13-3-1-2-11(8-13)16-23-17(27-24-16)12-6-7-25(9-12)10-15(26)22-14-4-5-14/h1-3,8,12,14H,4-7,9-10H2,(H,22,26). The Morgan fingerprint density at radius 2 is 2.11 bits per heavy atom. The Kier molecular flexibility index (Phi) is 4.63. The van der Waals surface area contributed by atoms with Gasteiger partial charge in [0.2, 0.25) is 17.6 Å². The lowest BCUT2D eigenvalue weighted by atomic mass is 10.1. The third kappa shape index (κ3) is 4.29. The number of rotatable bonds is 5. The van der Waals surface area contributed by atoms with Crippen LogP contribution in [0.25, 0.3) is 11.4 Å². The quantitative estimate of drug-likeness (QED) is 0.864. The minimum Gasteiger partial charge on any atom is -0.352 e. The van der Waals surface area contributed by atoms with Crippen LogP contribution in [0, 0.1) is 0 Å². The van der Waals surface area contributed by atoms with E-state index in [-0.39, 0.29) is 23.2 Å². The number of halogens is 3. The molecular formula is C18H19F3N4O2. The predicted molar refractivity (Wildman–Crippen MR) is 89.7 cm³/mol. The molecule has 1 N–H and O–H groups in total. The fourth-order valence-corrected chi connectivity index (χ4v) is 3.23. The van der Waals surface area contributed by atoms with E-state index in [2.05, 4.69) is 15.5 Å². The molecule has 1 aromatic carbocycles. The Hall–Kier alpha value is -2.42. The monoisotopic (exact) mass is 380 g/mol. The van der Waals surface area contributed by atoms with E-state index in [4.69, 9.17) is 4.52 Å². The Morgan fingerprint density at radius 1 is 1.30 bits per heavy atom. The molecule has 1 unspecified atom stereocenters. The maximum absolute atomic E-state index is 12.9. The van der Waals surface area contributed by atoms with Gasteiger partial charge in [0.25, 0.3) is 0 Å². The van der Waals surface area contributed by atoms with Crippen LogP contribution in [0.1, 0.15) is 36.6 Å². The SMILES string of the molecule is O=C(CN1CCC(c2nc(-c3cccc(C(F)(F)F)c3)no2)C1)NC1CC1. The van der Waals surface area contributed by atoms with Crippen LogP contribution in [0.4, 0.5) is 13.2 Å². The van der Waals surface area contributed by atoms with Gasteiger partial charge in [-0.25, -0.2) is 0 Å². The molecule has 1 aromatic heterocycles. The number of likely N-dealkylation sites (tertiary alicyclic amines) is 1. The lowest BCUT2D eigenvalue weighted by Gasteiger charge is -2.14. The molecule has 4 rings (SSSR count).